The molecule has 2 fully saturated rings. The highest BCUT2D eigenvalue weighted by molar-refractivity contribution is 7.94. The maximum Gasteiger partial charge on any atom is 0.326 e. The van der Waals surface area contributed by atoms with Crippen LogP contribution < -0.4 is 8.61 Å². The molecule has 6 nitrogen and oxygen atoms in total. The van der Waals surface area contributed by atoms with Gasteiger partial charge in [0.15, 0.2) is 0 Å². The van der Waals surface area contributed by atoms with E-state index in [1.165, 1.54) is 9.18 Å². The summed E-state index contributed by atoms with van der Waals surface area (Å²) in [6.07, 6.45) is 5.35. The average Bonchev–Trinajstić information content (AvgIpc) is 3.49. The van der Waals surface area contributed by atoms with Crippen molar-refractivity contribution in [3.63, 3.8) is 0 Å². The van der Waals surface area contributed by atoms with Crippen molar-refractivity contribution in [3.05, 3.63) is 46.7 Å². The van der Waals surface area contributed by atoms with Gasteiger partial charge in [-0.1, -0.05) is 31.0 Å². The molecule has 0 atom stereocenters. The first-order valence-electron chi connectivity index (χ1n) is 10.7. The molecule has 0 bridgehead atoms. The monoisotopic (exact) mass is 445 g/mol. The minimum atomic E-state index is -3.56. The number of thiophene rings is 1. The number of hydrogen-bond acceptors (Lipinski definition) is 4. The lowest BCUT2D eigenvalue weighted by molar-refractivity contribution is -0.138. The quantitative estimate of drug-likeness (QED) is 0.723. The predicted octanol–water partition coefficient (Wildman–Crippen LogP) is 3.75. The Balaban J connectivity index is 1.35. The Morgan fingerprint density at radius 1 is 1.03 bits per heavy atom. The molecule has 1 saturated heterocycles. The molecule has 2 aromatic rings. The fraction of sp³-hybridized carbons (Fsp3) is 0.500. The van der Waals surface area contributed by atoms with E-state index in [1.807, 2.05) is 35.2 Å². The molecule has 0 unspecified atom stereocenters. The summed E-state index contributed by atoms with van der Waals surface area (Å²) in [6.45, 7) is 1.21. The number of piperidine rings is 1. The summed E-state index contributed by atoms with van der Waals surface area (Å²) in [6, 6.07) is 11.5. The average molecular weight is 446 g/mol. The highest BCUT2D eigenvalue weighted by Crippen LogP contribution is 2.46. The Kier molecular flexibility index (Phi) is 4.82. The lowest BCUT2D eigenvalue weighted by atomic mass is 9.82. The maximum atomic E-state index is 13.6. The van der Waals surface area contributed by atoms with Crippen LogP contribution in [0.25, 0.3) is 0 Å². The van der Waals surface area contributed by atoms with Crippen molar-refractivity contribution in [2.24, 2.45) is 0 Å². The minimum absolute atomic E-state index is 0.119. The number of benzene rings is 1. The van der Waals surface area contributed by atoms with Crippen molar-refractivity contribution in [3.8, 4) is 0 Å². The molecule has 1 aromatic heterocycles. The van der Waals surface area contributed by atoms with Gasteiger partial charge in [0.25, 0.3) is 0 Å². The molecule has 160 valence electrons. The highest BCUT2D eigenvalue weighted by Gasteiger charge is 2.48. The van der Waals surface area contributed by atoms with Crippen molar-refractivity contribution in [2.75, 3.05) is 28.7 Å². The van der Waals surface area contributed by atoms with Crippen molar-refractivity contribution in [2.45, 2.75) is 50.0 Å². The molecular weight excluding hydrogens is 418 g/mol. The number of amides is 1. The van der Waals surface area contributed by atoms with Crippen LogP contribution in [0.5, 0.6) is 0 Å². The summed E-state index contributed by atoms with van der Waals surface area (Å²) in [5.74, 6) is 0.239. The molecule has 1 saturated carbocycles. The second-order valence-corrected chi connectivity index (χ2v) is 11.3. The smallest absolute Gasteiger partial charge is 0.326 e. The number of rotatable bonds is 3. The first kappa shape index (κ1) is 19.9. The number of carbonyl (C=O) groups is 1. The molecule has 1 aromatic carbocycles. The van der Waals surface area contributed by atoms with Gasteiger partial charge in [-0.3, -0.25) is 9.10 Å². The normalized spacial score (nSPS) is 23.0. The molecule has 0 radical (unpaired) electrons. The van der Waals surface area contributed by atoms with Gasteiger partial charge in [0, 0.05) is 25.0 Å². The van der Waals surface area contributed by atoms with E-state index < -0.39 is 10.2 Å². The van der Waals surface area contributed by atoms with Gasteiger partial charge in [-0.15, -0.1) is 11.3 Å². The van der Waals surface area contributed by atoms with Crippen LogP contribution in [-0.4, -0.2) is 45.4 Å². The summed E-state index contributed by atoms with van der Waals surface area (Å²) in [4.78, 5) is 16.8. The molecule has 8 heteroatoms. The fourth-order valence-electron chi connectivity index (χ4n) is 5.38. The molecule has 1 amide bonds. The number of para-hydroxylation sites is 2. The van der Waals surface area contributed by atoms with E-state index in [4.69, 9.17) is 0 Å². The SMILES string of the molecule is CN1c2ccccc2N(C2CCN(C(=O)C3(c4cccs4)CCCC3)CC2)S1(=O)=O. The Bertz CT molecular complexity index is 1040. The van der Waals surface area contributed by atoms with Crippen LogP contribution in [0.4, 0.5) is 11.4 Å². The highest BCUT2D eigenvalue weighted by atomic mass is 32.2. The largest absolute Gasteiger partial charge is 0.342 e. The summed E-state index contributed by atoms with van der Waals surface area (Å²) in [5, 5.41) is 2.06. The number of nitrogens with zero attached hydrogens (tertiary/aromatic N) is 3. The number of carbonyl (C=O) groups excluding carboxylic acids is 1. The Morgan fingerprint density at radius 2 is 1.70 bits per heavy atom. The Morgan fingerprint density at radius 3 is 2.33 bits per heavy atom. The molecule has 3 heterocycles. The first-order valence-corrected chi connectivity index (χ1v) is 12.9. The lowest BCUT2D eigenvalue weighted by Gasteiger charge is -2.40. The summed E-state index contributed by atoms with van der Waals surface area (Å²) >= 11 is 1.68. The second kappa shape index (κ2) is 7.27. The first-order chi connectivity index (χ1) is 14.4. The van der Waals surface area contributed by atoms with Crippen LogP contribution in [0.3, 0.4) is 0 Å². The molecule has 0 N–H and O–H groups in total. The molecule has 2 aliphatic heterocycles. The van der Waals surface area contributed by atoms with Gasteiger partial charge < -0.3 is 4.90 Å². The van der Waals surface area contributed by atoms with E-state index in [0.717, 1.165) is 37.1 Å². The van der Waals surface area contributed by atoms with Crippen molar-refractivity contribution in [1.82, 2.24) is 4.90 Å². The summed E-state index contributed by atoms with van der Waals surface area (Å²) in [5.41, 5.74) is 1.10. The van der Waals surface area contributed by atoms with Gasteiger partial charge >= 0.3 is 10.2 Å². The van der Waals surface area contributed by atoms with E-state index in [-0.39, 0.29) is 17.4 Å². The van der Waals surface area contributed by atoms with E-state index >= 15 is 0 Å². The van der Waals surface area contributed by atoms with Crippen molar-refractivity contribution in [1.29, 1.82) is 0 Å². The third kappa shape index (κ3) is 2.87. The molecule has 1 aliphatic carbocycles. The van der Waals surface area contributed by atoms with Crippen LogP contribution in [0.1, 0.15) is 43.4 Å². The van der Waals surface area contributed by atoms with Crippen molar-refractivity contribution >= 4 is 38.8 Å². The number of fused-ring (bicyclic) bond motifs is 1. The topological polar surface area (TPSA) is 60.9 Å². The third-order valence-electron chi connectivity index (χ3n) is 7.00. The zero-order valence-corrected chi connectivity index (χ0v) is 18.8. The standard InChI is InChI=1S/C22H27N3O3S2/c1-23-18-7-2-3-8-19(18)25(30(23,27)28)17-10-14-24(15-11-17)21(26)22(12-4-5-13-22)20-9-6-16-29-20/h2-3,6-9,16-17H,4-5,10-15H2,1H3. The minimum Gasteiger partial charge on any atom is -0.342 e. The summed E-state index contributed by atoms with van der Waals surface area (Å²) in [7, 11) is -1.95. The van der Waals surface area contributed by atoms with E-state index in [1.54, 1.807) is 22.7 Å². The zero-order chi connectivity index (χ0) is 20.9. The van der Waals surface area contributed by atoms with Gasteiger partial charge in [0.1, 0.15) is 0 Å². The molecular formula is C22H27N3O3S2. The number of anilines is 2. The van der Waals surface area contributed by atoms with Gasteiger partial charge in [-0.25, -0.2) is 4.31 Å². The predicted molar refractivity (Wildman–Crippen MR) is 120 cm³/mol. The molecule has 30 heavy (non-hydrogen) atoms. The van der Waals surface area contributed by atoms with E-state index in [9.17, 15) is 13.2 Å². The fourth-order valence-corrected chi connectivity index (χ4v) is 8.02. The number of hydrogen-bond donors (Lipinski definition) is 0. The number of likely N-dealkylation sites (tertiary alicyclic amines) is 1. The van der Waals surface area contributed by atoms with Crippen LogP contribution in [0, 0.1) is 0 Å². The Labute approximate surface area is 182 Å². The van der Waals surface area contributed by atoms with Gasteiger partial charge in [-0.05, 0) is 49.3 Å². The maximum absolute atomic E-state index is 13.6. The van der Waals surface area contributed by atoms with E-state index in [0.29, 0.717) is 25.9 Å². The second-order valence-electron chi connectivity index (χ2n) is 8.55. The van der Waals surface area contributed by atoms with Crippen LogP contribution in [0.2, 0.25) is 0 Å². The van der Waals surface area contributed by atoms with Gasteiger partial charge in [0.2, 0.25) is 5.91 Å². The summed E-state index contributed by atoms with van der Waals surface area (Å²) < 4.78 is 29.0. The molecule has 0 spiro atoms. The lowest BCUT2D eigenvalue weighted by Crippen LogP contribution is -2.53. The van der Waals surface area contributed by atoms with Gasteiger partial charge in [-0.2, -0.15) is 8.42 Å². The third-order valence-corrected chi connectivity index (χ3v) is 9.95. The zero-order valence-electron chi connectivity index (χ0n) is 17.2. The Hall–Kier alpha value is -2.06. The molecule has 5 rings (SSSR count). The van der Waals surface area contributed by atoms with E-state index in [2.05, 4.69) is 11.4 Å². The molecule has 3 aliphatic rings. The van der Waals surface area contributed by atoms with Crippen LogP contribution in [0.15, 0.2) is 41.8 Å². The van der Waals surface area contributed by atoms with Crippen LogP contribution >= 0.6 is 11.3 Å². The van der Waals surface area contributed by atoms with Crippen molar-refractivity contribution < 1.29 is 13.2 Å². The van der Waals surface area contributed by atoms with Crippen LogP contribution in [-0.2, 0) is 20.4 Å². The van der Waals surface area contributed by atoms with Gasteiger partial charge in [0.05, 0.1) is 22.8 Å².